The number of nitrogens with one attached hydrogen (secondary N) is 1. The fourth-order valence-corrected chi connectivity index (χ4v) is 1.01. The standard InChI is InChI=1S/C5H8N4/c1-2-5-8-6-4-9(5)7-3-1/h4,7H,1-3H2. The maximum absolute atomic E-state index is 3.91. The molecule has 1 aliphatic rings. The van der Waals surface area contributed by atoms with Gasteiger partial charge in [0, 0.05) is 13.0 Å². The molecule has 9 heavy (non-hydrogen) atoms. The molecule has 0 atom stereocenters. The summed E-state index contributed by atoms with van der Waals surface area (Å²) in [6.45, 7) is 1.03. The molecular weight excluding hydrogens is 116 g/mol. The Hall–Kier alpha value is -1.06. The largest absolute Gasteiger partial charge is 0.323 e. The van der Waals surface area contributed by atoms with Crippen LogP contribution in [0.25, 0.3) is 0 Å². The number of hydrogen-bond donors (Lipinski definition) is 1. The van der Waals surface area contributed by atoms with Gasteiger partial charge in [0.05, 0.1) is 0 Å². The SMILES string of the molecule is c1nnc2n1NCCC2. The lowest BCUT2D eigenvalue weighted by Gasteiger charge is -2.13. The van der Waals surface area contributed by atoms with Crippen LogP contribution in [0, 0.1) is 0 Å². The molecule has 0 saturated heterocycles. The van der Waals surface area contributed by atoms with Crippen molar-refractivity contribution < 1.29 is 0 Å². The number of aryl methyl sites for hydroxylation is 1. The molecule has 48 valence electrons. The van der Waals surface area contributed by atoms with Crippen LogP contribution in [-0.4, -0.2) is 21.4 Å². The maximum Gasteiger partial charge on any atom is 0.151 e. The van der Waals surface area contributed by atoms with Gasteiger partial charge in [0.2, 0.25) is 0 Å². The first-order valence-corrected chi connectivity index (χ1v) is 3.09. The summed E-state index contributed by atoms with van der Waals surface area (Å²) in [5.41, 5.74) is 3.13. The topological polar surface area (TPSA) is 42.7 Å². The third kappa shape index (κ3) is 0.667. The van der Waals surface area contributed by atoms with Crippen molar-refractivity contribution in [1.82, 2.24) is 14.9 Å². The third-order valence-corrected chi connectivity index (χ3v) is 1.48. The highest BCUT2D eigenvalue weighted by molar-refractivity contribution is 4.94. The number of fused-ring (bicyclic) bond motifs is 1. The van der Waals surface area contributed by atoms with Crippen LogP contribution in [0.2, 0.25) is 0 Å². The van der Waals surface area contributed by atoms with E-state index in [1.807, 2.05) is 4.68 Å². The summed E-state index contributed by atoms with van der Waals surface area (Å²) in [5.74, 6) is 1.04. The molecule has 0 spiro atoms. The molecule has 0 fully saturated rings. The van der Waals surface area contributed by atoms with Crippen molar-refractivity contribution in [3.63, 3.8) is 0 Å². The van der Waals surface area contributed by atoms with Crippen LogP contribution in [0.4, 0.5) is 0 Å². The Morgan fingerprint density at radius 2 is 2.67 bits per heavy atom. The Morgan fingerprint density at radius 1 is 1.67 bits per heavy atom. The number of rotatable bonds is 0. The highest BCUT2D eigenvalue weighted by Gasteiger charge is 2.06. The van der Waals surface area contributed by atoms with Gasteiger partial charge >= 0.3 is 0 Å². The smallest absolute Gasteiger partial charge is 0.151 e. The summed E-state index contributed by atoms with van der Waals surface area (Å²) in [7, 11) is 0. The van der Waals surface area contributed by atoms with E-state index in [-0.39, 0.29) is 0 Å². The zero-order chi connectivity index (χ0) is 6.10. The number of hydrogen-bond acceptors (Lipinski definition) is 3. The first-order chi connectivity index (χ1) is 4.47. The molecule has 1 aromatic heterocycles. The van der Waals surface area contributed by atoms with Crippen LogP contribution in [0.15, 0.2) is 6.33 Å². The number of aromatic nitrogens is 3. The predicted molar refractivity (Wildman–Crippen MR) is 32.6 cm³/mol. The Balaban J connectivity index is 2.39. The molecule has 4 nitrogen and oxygen atoms in total. The van der Waals surface area contributed by atoms with Crippen molar-refractivity contribution >= 4 is 0 Å². The lowest BCUT2D eigenvalue weighted by Crippen LogP contribution is -2.23. The molecule has 0 aromatic carbocycles. The van der Waals surface area contributed by atoms with Crippen molar-refractivity contribution in [1.29, 1.82) is 0 Å². The lowest BCUT2D eigenvalue weighted by molar-refractivity contribution is 0.648. The van der Waals surface area contributed by atoms with Crippen molar-refractivity contribution in [3.8, 4) is 0 Å². The van der Waals surface area contributed by atoms with Gasteiger partial charge in [-0.05, 0) is 6.42 Å². The summed E-state index contributed by atoms with van der Waals surface area (Å²) in [6.07, 6.45) is 3.92. The van der Waals surface area contributed by atoms with Gasteiger partial charge in [0.1, 0.15) is 6.33 Å². The van der Waals surface area contributed by atoms with Gasteiger partial charge in [-0.25, -0.2) is 4.68 Å². The summed E-state index contributed by atoms with van der Waals surface area (Å²) in [6, 6.07) is 0. The van der Waals surface area contributed by atoms with E-state index in [4.69, 9.17) is 0 Å². The Morgan fingerprint density at radius 3 is 3.56 bits per heavy atom. The van der Waals surface area contributed by atoms with Crippen LogP contribution in [0.5, 0.6) is 0 Å². The minimum atomic E-state index is 1.03. The molecule has 2 heterocycles. The highest BCUT2D eigenvalue weighted by Crippen LogP contribution is 2.01. The molecule has 0 aliphatic carbocycles. The molecular formula is C5H8N4. The van der Waals surface area contributed by atoms with Crippen LogP contribution in [0.1, 0.15) is 12.2 Å². The maximum atomic E-state index is 3.91. The Kier molecular flexibility index (Phi) is 0.913. The normalized spacial score (nSPS) is 16.4. The fraction of sp³-hybridized carbons (Fsp3) is 0.600. The number of nitrogens with zero attached hydrogens (tertiary/aromatic N) is 3. The Labute approximate surface area is 52.9 Å². The van der Waals surface area contributed by atoms with E-state index < -0.39 is 0 Å². The van der Waals surface area contributed by atoms with E-state index in [0.717, 1.165) is 18.8 Å². The predicted octanol–water partition coefficient (Wildman–Crippen LogP) is -0.232. The first kappa shape index (κ1) is 4.78. The zero-order valence-electron chi connectivity index (χ0n) is 5.04. The summed E-state index contributed by atoms with van der Waals surface area (Å²) in [5, 5.41) is 7.66. The summed E-state index contributed by atoms with van der Waals surface area (Å²) in [4.78, 5) is 0. The van der Waals surface area contributed by atoms with Crippen LogP contribution >= 0.6 is 0 Å². The fourth-order valence-electron chi connectivity index (χ4n) is 1.01. The van der Waals surface area contributed by atoms with E-state index in [1.54, 1.807) is 6.33 Å². The lowest BCUT2D eigenvalue weighted by atomic mass is 10.3. The first-order valence-electron chi connectivity index (χ1n) is 3.09. The van der Waals surface area contributed by atoms with Crippen LogP contribution in [-0.2, 0) is 6.42 Å². The second-order valence-electron chi connectivity index (χ2n) is 2.13. The molecule has 1 aromatic rings. The van der Waals surface area contributed by atoms with E-state index in [0.29, 0.717) is 0 Å². The quantitative estimate of drug-likeness (QED) is 0.519. The second-order valence-corrected chi connectivity index (χ2v) is 2.13. The van der Waals surface area contributed by atoms with Crippen LogP contribution in [0.3, 0.4) is 0 Å². The average molecular weight is 124 g/mol. The Bertz CT molecular complexity index is 184. The second kappa shape index (κ2) is 1.72. The van der Waals surface area contributed by atoms with E-state index in [9.17, 15) is 0 Å². The van der Waals surface area contributed by atoms with Gasteiger partial charge < -0.3 is 5.43 Å². The van der Waals surface area contributed by atoms with Crippen molar-refractivity contribution in [2.75, 3.05) is 12.0 Å². The molecule has 0 unspecified atom stereocenters. The van der Waals surface area contributed by atoms with Crippen molar-refractivity contribution in [3.05, 3.63) is 12.2 Å². The van der Waals surface area contributed by atoms with Crippen LogP contribution < -0.4 is 5.43 Å². The van der Waals surface area contributed by atoms with Crippen molar-refractivity contribution in [2.24, 2.45) is 0 Å². The van der Waals surface area contributed by atoms with Crippen molar-refractivity contribution in [2.45, 2.75) is 12.8 Å². The molecule has 4 heteroatoms. The third-order valence-electron chi connectivity index (χ3n) is 1.48. The molecule has 1 aliphatic heterocycles. The van der Waals surface area contributed by atoms with Gasteiger partial charge in [-0.2, -0.15) is 0 Å². The minimum Gasteiger partial charge on any atom is -0.323 e. The molecule has 0 saturated carbocycles. The summed E-state index contributed by atoms with van der Waals surface area (Å²) < 4.78 is 1.88. The van der Waals surface area contributed by atoms with E-state index in [1.165, 1.54) is 6.42 Å². The van der Waals surface area contributed by atoms with Gasteiger partial charge in [-0.15, -0.1) is 10.2 Å². The molecule has 1 N–H and O–H groups in total. The monoisotopic (exact) mass is 124 g/mol. The molecule has 0 amide bonds. The molecule has 0 bridgehead atoms. The summed E-state index contributed by atoms with van der Waals surface area (Å²) >= 11 is 0. The van der Waals surface area contributed by atoms with Gasteiger partial charge in [-0.1, -0.05) is 0 Å². The van der Waals surface area contributed by atoms with Gasteiger partial charge in [-0.3, -0.25) is 0 Å². The molecule has 0 radical (unpaired) electrons. The molecule has 2 rings (SSSR count). The highest BCUT2D eigenvalue weighted by atomic mass is 15.5. The average Bonchev–Trinajstić information content (AvgIpc) is 2.33. The minimum absolute atomic E-state index is 1.03. The van der Waals surface area contributed by atoms with E-state index >= 15 is 0 Å². The van der Waals surface area contributed by atoms with Gasteiger partial charge in [0.25, 0.3) is 0 Å². The van der Waals surface area contributed by atoms with E-state index in [2.05, 4.69) is 15.6 Å². The zero-order valence-corrected chi connectivity index (χ0v) is 5.04. The van der Waals surface area contributed by atoms with Gasteiger partial charge in [0.15, 0.2) is 5.82 Å².